The van der Waals surface area contributed by atoms with Crippen LogP contribution in [-0.2, 0) is 9.53 Å². The maximum Gasteiger partial charge on any atom is 0.319 e. The van der Waals surface area contributed by atoms with Crippen LogP contribution in [0, 0.1) is 0 Å². The largest absolute Gasteiger partial charge is 0.375 e. The van der Waals surface area contributed by atoms with Crippen molar-refractivity contribution in [1.29, 1.82) is 0 Å². The van der Waals surface area contributed by atoms with Gasteiger partial charge < -0.3 is 20.7 Å². The number of anilines is 2. The van der Waals surface area contributed by atoms with Crippen LogP contribution in [0.5, 0.6) is 0 Å². The van der Waals surface area contributed by atoms with Crippen LogP contribution in [0.3, 0.4) is 0 Å². The molecular formula is C15H23N3O3. The topological polar surface area (TPSA) is 79.5 Å². The molecule has 6 nitrogen and oxygen atoms in total. The number of rotatable bonds is 7. The maximum atomic E-state index is 11.8. The monoisotopic (exact) mass is 293 g/mol. The van der Waals surface area contributed by atoms with Crippen molar-refractivity contribution >= 4 is 23.3 Å². The van der Waals surface area contributed by atoms with Gasteiger partial charge in [0.1, 0.15) is 6.61 Å². The quantitative estimate of drug-likeness (QED) is 0.723. The van der Waals surface area contributed by atoms with Gasteiger partial charge in [0.05, 0.1) is 0 Å². The van der Waals surface area contributed by atoms with Gasteiger partial charge in [-0.15, -0.1) is 0 Å². The first-order valence-electron chi connectivity index (χ1n) is 7.05. The van der Waals surface area contributed by atoms with Gasteiger partial charge in [0.2, 0.25) is 5.91 Å². The van der Waals surface area contributed by atoms with Crippen LogP contribution in [0.1, 0.15) is 26.7 Å². The number of urea groups is 1. The van der Waals surface area contributed by atoms with E-state index in [2.05, 4.69) is 16.0 Å². The molecule has 0 aromatic heterocycles. The van der Waals surface area contributed by atoms with Gasteiger partial charge in [0.15, 0.2) is 0 Å². The minimum Gasteiger partial charge on any atom is -0.375 e. The highest BCUT2D eigenvalue weighted by Crippen LogP contribution is 2.15. The molecule has 0 saturated heterocycles. The summed E-state index contributed by atoms with van der Waals surface area (Å²) < 4.78 is 4.75. The fraction of sp³-hybridized carbons (Fsp3) is 0.467. The van der Waals surface area contributed by atoms with Crippen LogP contribution < -0.4 is 16.0 Å². The summed E-state index contributed by atoms with van der Waals surface area (Å²) in [6, 6.07) is 6.88. The summed E-state index contributed by atoms with van der Waals surface area (Å²) in [4.78, 5) is 23.3. The van der Waals surface area contributed by atoms with Gasteiger partial charge in [-0.25, -0.2) is 4.79 Å². The Morgan fingerprint density at radius 1 is 1.14 bits per heavy atom. The second kappa shape index (κ2) is 8.97. The summed E-state index contributed by atoms with van der Waals surface area (Å²) in [5.41, 5.74) is 1.23. The molecule has 0 radical (unpaired) electrons. The molecule has 21 heavy (non-hydrogen) atoms. The third kappa shape index (κ3) is 6.27. The normalized spacial score (nSPS) is 10.3. The molecule has 0 aliphatic rings. The van der Waals surface area contributed by atoms with Crippen molar-refractivity contribution in [3.05, 3.63) is 24.3 Å². The molecular weight excluding hydrogens is 270 g/mol. The molecule has 0 atom stereocenters. The SMILES string of the molecule is CCC(CC)NC(=O)Nc1cccc(NC(=O)COC)c1. The van der Waals surface area contributed by atoms with E-state index in [0.29, 0.717) is 11.4 Å². The van der Waals surface area contributed by atoms with E-state index in [1.165, 1.54) is 7.11 Å². The molecule has 1 rings (SSSR count). The van der Waals surface area contributed by atoms with Gasteiger partial charge in [-0.3, -0.25) is 4.79 Å². The Morgan fingerprint density at radius 2 is 1.76 bits per heavy atom. The summed E-state index contributed by atoms with van der Waals surface area (Å²) >= 11 is 0. The first-order valence-corrected chi connectivity index (χ1v) is 7.05. The molecule has 0 heterocycles. The zero-order chi connectivity index (χ0) is 15.7. The van der Waals surface area contributed by atoms with E-state index in [1.54, 1.807) is 24.3 Å². The Balaban J connectivity index is 2.59. The zero-order valence-corrected chi connectivity index (χ0v) is 12.7. The van der Waals surface area contributed by atoms with Gasteiger partial charge in [-0.2, -0.15) is 0 Å². The van der Waals surface area contributed by atoms with Crippen LogP contribution >= 0.6 is 0 Å². The van der Waals surface area contributed by atoms with E-state index in [0.717, 1.165) is 12.8 Å². The number of carbonyl (C=O) groups excluding carboxylic acids is 2. The Hall–Kier alpha value is -2.08. The molecule has 0 aliphatic heterocycles. The molecule has 0 fully saturated rings. The average Bonchev–Trinajstić information content (AvgIpc) is 2.45. The highest BCUT2D eigenvalue weighted by Gasteiger charge is 2.08. The van der Waals surface area contributed by atoms with E-state index in [-0.39, 0.29) is 24.6 Å². The van der Waals surface area contributed by atoms with E-state index >= 15 is 0 Å². The lowest BCUT2D eigenvalue weighted by Gasteiger charge is -2.15. The van der Waals surface area contributed by atoms with Crippen LogP contribution in [0.25, 0.3) is 0 Å². The summed E-state index contributed by atoms with van der Waals surface area (Å²) in [6.45, 7) is 4.05. The van der Waals surface area contributed by atoms with Crippen molar-refractivity contribution in [2.75, 3.05) is 24.4 Å². The first-order chi connectivity index (χ1) is 10.1. The highest BCUT2D eigenvalue weighted by molar-refractivity contribution is 5.94. The molecule has 0 spiro atoms. The molecule has 1 aromatic rings. The Morgan fingerprint density at radius 3 is 2.33 bits per heavy atom. The van der Waals surface area contributed by atoms with Crippen LogP contribution in [0.15, 0.2) is 24.3 Å². The van der Waals surface area contributed by atoms with Gasteiger partial charge in [-0.05, 0) is 31.0 Å². The number of ether oxygens (including phenoxy) is 1. The Kier molecular flexibility index (Phi) is 7.25. The van der Waals surface area contributed by atoms with Crippen molar-refractivity contribution in [3.63, 3.8) is 0 Å². The third-order valence-electron chi connectivity index (χ3n) is 3.00. The van der Waals surface area contributed by atoms with E-state index in [1.807, 2.05) is 13.8 Å². The number of hydrogen-bond donors (Lipinski definition) is 3. The molecule has 6 heteroatoms. The highest BCUT2D eigenvalue weighted by atomic mass is 16.5. The van der Waals surface area contributed by atoms with Crippen molar-refractivity contribution in [2.45, 2.75) is 32.7 Å². The van der Waals surface area contributed by atoms with Crippen molar-refractivity contribution < 1.29 is 14.3 Å². The van der Waals surface area contributed by atoms with Crippen molar-refractivity contribution in [3.8, 4) is 0 Å². The number of hydrogen-bond acceptors (Lipinski definition) is 3. The number of methoxy groups -OCH3 is 1. The molecule has 0 saturated carbocycles. The summed E-state index contributed by atoms with van der Waals surface area (Å²) in [5.74, 6) is -0.240. The number of carbonyl (C=O) groups is 2. The average molecular weight is 293 g/mol. The molecule has 116 valence electrons. The van der Waals surface area contributed by atoms with Gasteiger partial charge >= 0.3 is 6.03 Å². The predicted molar refractivity (Wildman–Crippen MR) is 83.5 cm³/mol. The molecule has 1 aromatic carbocycles. The lowest BCUT2D eigenvalue weighted by molar-refractivity contribution is -0.119. The van der Waals surface area contributed by atoms with Crippen molar-refractivity contribution in [2.24, 2.45) is 0 Å². The molecule has 3 N–H and O–H groups in total. The van der Waals surface area contributed by atoms with Crippen LogP contribution in [-0.4, -0.2) is 31.7 Å². The minimum atomic E-state index is -0.246. The van der Waals surface area contributed by atoms with Crippen LogP contribution in [0.4, 0.5) is 16.2 Å². The number of amides is 3. The molecule has 0 aliphatic carbocycles. The van der Waals surface area contributed by atoms with Crippen LogP contribution in [0.2, 0.25) is 0 Å². The molecule has 0 bridgehead atoms. The van der Waals surface area contributed by atoms with Gasteiger partial charge in [0.25, 0.3) is 0 Å². The summed E-state index contributed by atoms with van der Waals surface area (Å²) in [5, 5.41) is 8.33. The smallest absolute Gasteiger partial charge is 0.319 e. The van der Waals surface area contributed by atoms with E-state index in [9.17, 15) is 9.59 Å². The second-order valence-electron chi connectivity index (χ2n) is 4.67. The Bertz CT molecular complexity index is 473. The minimum absolute atomic E-state index is 0.00712. The predicted octanol–water partition coefficient (Wildman–Crippen LogP) is 2.58. The zero-order valence-electron chi connectivity index (χ0n) is 12.7. The Labute approximate surface area is 125 Å². The second-order valence-corrected chi connectivity index (χ2v) is 4.67. The molecule has 3 amide bonds. The maximum absolute atomic E-state index is 11.8. The number of nitrogens with one attached hydrogen (secondary N) is 3. The number of benzene rings is 1. The van der Waals surface area contributed by atoms with Gasteiger partial charge in [0, 0.05) is 24.5 Å². The van der Waals surface area contributed by atoms with E-state index < -0.39 is 0 Å². The fourth-order valence-electron chi connectivity index (χ4n) is 1.85. The lowest BCUT2D eigenvalue weighted by atomic mass is 10.2. The first kappa shape index (κ1) is 17.0. The van der Waals surface area contributed by atoms with Gasteiger partial charge in [-0.1, -0.05) is 19.9 Å². The van der Waals surface area contributed by atoms with Crippen molar-refractivity contribution in [1.82, 2.24) is 5.32 Å². The third-order valence-corrected chi connectivity index (χ3v) is 3.00. The fourth-order valence-corrected chi connectivity index (χ4v) is 1.85. The standard InChI is InChI=1S/C15H23N3O3/c1-4-11(5-2)17-15(20)18-13-8-6-7-12(9-13)16-14(19)10-21-3/h6-9,11H,4-5,10H2,1-3H3,(H,16,19)(H2,17,18,20). The molecule has 0 unspecified atom stereocenters. The summed E-state index contributed by atoms with van der Waals surface area (Å²) in [7, 11) is 1.46. The lowest BCUT2D eigenvalue weighted by Crippen LogP contribution is -2.37. The van der Waals surface area contributed by atoms with E-state index in [4.69, 9.17) is 4.74 Å². The summed E-state index contributed by atoms with van der Waals surface area (Å²) in [6.07, 6.45) is 1.77.